The Labute approximate surface area is 195 Å². The van der Waals surface area contributed by atoms with E-state index < -0.39 is 88.7 Å². The first-order chi connectivity index (χ1) is 16.3. The largest absolute Gasteiger partial charge is 0.550 e. The fourth-order valence-corrected chi connectivity index (χ4v) is 2.79. The Balaban J connectivity index is 4.18. The Hall–Kier alpha value is -2.40. The smallest absolute Gasteiger partial charge is 0.456 e. The van der Waals surface area contributed by atoms with Crippen LogP contribution in [0.3, 0.4) is 0 Å². The van der Waals surface area contributed by atoms with E-state index in [0.29, 0.717) is 0 Å². The molecule has 0 aliphatic carbocycles. The molecule has 1 heterocycles. The summed E-state index contributed by atoms with van der Waals surface area (Å²) in [6, 6.07) is -25.0. The maximum atomic E-state index is 14.8. The van der Waals surface area contributed by atoms with Crippen LogP contribution in [-0.4, -0.2) is 89.3 Å². The first-order valence-corrected chi connectivity index (χ1v) is 8.68. The number of carboxylic acids is 1. The number of halogens is 18. The number of rotatable bonds is 6. The summed E-state index contributed by atoms with van der Waals surface area (Å²) in [6.07, 6.45) is -25.4. The first kappa shape index (κ1) is 33.6. The summed E-state index contributed by atoms with van der Waals surface area (Å²) < 4.78 is 248. The summed E-state index contributed by atoms with van der Waals surface area (Å²) in [5.74, 6) is -22.4. The summed E-state index contributed by atoms with van der Waals surface area (Å²) in [5.41, 5.74) is -7.76. The van der Waals surface area contributed by atoms with E-state index in [1.165, 1.54) is 0 Å². The highest BCUT2D eigenvalue weighted by atomic mass is 19.4. The normalized spacial score (nSPS) is 28.5. The van der Waals surface area contributed by atoms with Gasteiger partial charge in [0, 0.05) is 26.0 Å². The molecule has 0 bridgehead atoms. The highest BCUT2D eigenvalue weighted by molar-refractivity contribution is 5.87. The van der Waals surface area contributed by atoms with Crippen molar-refractivity contribution >= 4 is 11.9 Å². The number of ether oxygens (including phenoxy) is 1. The second-order valence-electron chi connectivity index (χ2n) is 7.25. The maximum Gasteiger partial charge on any atom is 0.456 e. The van der Waals surface area contributed by atoms with Crippen LogP contribution >= 0.6 is 0 Å². The molecule has 3 atom stereocenters. The van der Waals surface area contributed by atoms with Crippen molar-refractivity contribution in [3.8, 4) is 0 Å². The minimum absolute atomic E-state index is 0.249. The van der Waals surface area contributed by atoms with Gasteiger partial charge in [-0.05, 0) is 0 Å². The van der Waals surface area contributed by atoms with E-state index in [0.717, 1.165) is 0 Å². The Kier molecular flexibility index (Phi) is 7.79. The van der Waals surface area contributed by atoms with E-state index in [-0.39, 0.29) is 7.05 Å². The molecule has 0 radical (unpaired) electrons. The third-order valence-electron chi connectivity index (χ3n) is 4.72. The number of morpholine rings is 1. The van der Waals surface area contributed by atoms with Gasteiger partial charge in [-0.25, -0.2) is 4.39 Å². The number of carboxylic acid groups (broad SMARTS) is 1. The van der Waals surface area contributed by atoms with Crippen molar-refractivity contribution in [2.45, 2.75) is 60.5 Å². The van der Waals surface area contributed by atoms with E-state index >= 15 is 0 Å². The van der Waals surface area contributed by atoms with Crippen molar-refractivity contribution in [2.75, 3.05) is 13.6 Å². The molecule has 24 heteroatoms. The van der Waals surface area contributed by atoms with Crippen LogP contribution in [0.15, 0.2) is 0 Å². The molecule has 0 aromatic heterocycles. The quantitative estimate of drug-likeness (QED) is 0.341. The average Bonchev–Trinajstić information content (AvgIpc) is 2.65. The van der Waals surface area contributed by atoms with Crippen molar-refractivity contribution in [1.82, 2.24) is 9.80 Å². The number of hydrogen-bond acceptors (Lipinski definition) is 5. The molecule has 0 aromatic rings. The number of alkyl halides is 18. The molecule has 1 saturated heterocycles. The second kappa shape index (κ2) is 8.81. The maximum absolute atomic E-state index is 14.8. The lowest BCUT2D eigenvalue weighted by Gasteiger charge is -2.56. The zero-order chi connectivity index (χ0) is 30.9. The van der Waals surface area contributed by atoms with Gasteiger partial charge in [0.1, 0.15) is 0 Å². The molecule has 38 heavy (non-hydrogen) atoms. The van der Waals surface area contributed by atoms with Gasteiger partial charge in [0.25, 0.3) is 5.91 Å². The fraction of sp³-hybridized carbons (Fsp3) is 0.857. The lowest BCUT2D eigenvalue weighted by atomic mass is 9.95. The number of amides is 1. The third kappa shape index (κ3) is 4.35. The van der Waals surface area contributed by atoms with E-state index in [1.807, 2.05) is 0 Å². The minimum Gasteiger partial charge on any atom is -0.550 e. The SMILES string of the molecule is CN(CCC(=O)[O-])C(=O)C(F)(C(F)(F)F)C(F)(F)N1C(F)(F)C(F)(C(F)(F)F)OC(F)(C(F)(F)F)C1(F)F. The molecular weight excluding hydrogens is 602 g/mol. The topological polar surface area (TPSA) is 72.9 Å². The molecule has 224 valence electrons. The van der Waals surface area contributed by atoms with Crippen LogP contribution in [0.1, 0.15) is 6.42 Å². The van der Waals surface area contributed by atoms with Gasteiger partial charge in [0.15, 0.2) is 0 Å². The number of carbonyl (C=O) groups is 2. The molecule has 0 spiro atoms. The van der Waals surface area contributed by atoms with Gasteiger partial charge in [0.2, 0.25) is 0 Å². The molecule has 1 aliphatic rings. The predicted molar refractivity (Wildman–Crippen MR) is 74.7 cm³/mol. The summed E-state index contributed by atoms with van der Waals surface area (Å²) >= 11 is 0. The highest BCUT2D eigenvalue weighted by Crippen LogP contribution is 2.67. The molecule has 1 aliphatic heterocycles. The lowest BCUT2D eigenvalue weighted by molar-refractivity contribution is -0.601. The second-order valence-corrected chi connectivity index (χ2v) is 7.25. The molecule has 1 amide bonds. The zero-order valence-corrected chi connectivity index (χ0v) is 17.2. The van der Waals surface area contributed by atoms with E-state index in [1.54, 1.807) is 4.74 Å². The van der Waals surface area contributed by atoms with Gasteiger partial charge < -0.3 is 14.8 Å². The van der Waals surface area contributed by atoms with Crippen LogP contribution in [0, 0.1) is 0 Å². The van der Waals surface area contributed by atoms with Gasteiger partial charge in [0.05, 0.1) is 0 Å². The Morgan fingerprint density at radius 1 is 0.763 bits per heavy atom. The molecular formula is C14H7F18N2O4-. The fourth-order valence-electron chi connectivity index (χ4n) is 2.79. The molecule has 6 nitrogen and oxygen atoms in total. The number of nitrogens with zero attached hydrogens (tertiary/aromatic N) is 2. The van der Waals surface area contributed by atoms with E-state index in [2.05, 4.69) is 0 Å². The van der Waals surface area contributed by atoms with E-state index in [4.69, 9.17) is 0 Å². The van der Waals surface area contributed by atoms with Gasteiger partial charge in [-0.15, -0.1) is 4.90 Å². The van der Waals surface area contributed by atoms with Crippen molar-refractivity contribution in [3.63, 3.8) is 0 Å². The van der Waals surface area contributed by atoms with Crippen LogP contribution in [-0.2, 0) is 14.3 Å². The van der Waals surface area contributed by atoms with Crippen LogP contribution in [0.25, 0.3) is 0 Å². The molecule has 1 fully saturated rings. The molecule has 3 unspecified atom stereocenters. The van der Waals surface area contributed by atoms with Crippen molar-refractivity contribution < 1.29 is 98.5 Å². The van der Waals surface area contributed by atoms with Crippen molar-refractivity contribution in [2.24, 2.45) is 0 Å². The molecule has 1 rings (SSSR count). The highest BCUT2D eigenvalue weighted by Gasteiger charge is 2.98. The van der Waals surface area contributed by atoms with Crippen LogP contribution < -0.4 is 5.11 Å². The third-order valence-corrected chi connectivity index (χ3v) is 4.72. The predicted octanol–water partition coefficient (Wildman–Crippen LogP) is 3.42. The van der Waals surface area contributed by atoms with Crippen molar-refractivity contribution in [1.29, 1.82) is 0 Å². The van der Waals surface area contributed by atoms with E-state index in [9.17, 15) is 93.7 Å². The molecule has 0 N–H and O–H groups in total. The van der Waals surface area contributed by atoms with Gasteiger partial charge in [-0.1, -0.05) is 0 Å². The Morgan fingerprint density at radius 3 is 1.37 bits per heavy atom. The monoisotopic (exact) mass is 609 g/mol. The van der Waals surface area contributed by atoms with Gasteiger partial charge >= 0.3 is 54.0 Å². The zero-order valence-electron chi connectivity index (χ0n) is 17.2. The Bertz CT molecular complexity index is 909. The number of hydrogen-bond donors (Lipinski definition) is 0. The van der Waals surface area contributed by atoms with Crippen LogP contribution in [0.5, 0.6) is 0 Å². The molecule has 0 saturated carbocycles. The first-order valence-electron chi connectivity index (χ1n) is 8.68. The van der Waals surface area contributed by atoms with Crippen LogP contribution in [0.2, 0.25) is 0 Å². The standard InChI is InChI=1S/C14H8F18N2O4/c1-33(3-2-4(35)36)5(37)6(15,9(18,19)20)12(27,28)34-13(29,30)7(16,10(21,22)23)38-8(17,11(24,25)26)14(34,31)32/h2-3H2,1H3,(H,35,36)/p-1. The summed E-state index contributed by atoms with van der Waals surface area (Å²) in [4.78, 5) is 16.3. The van der Waals surface area contributed by atoms with Gasteiger partial charge in [-0.3, -0.25) is 9.53 Å². The summed E-state index contributed by atoms with van der Waals surface area (Å²) in [6.45, 7) is -1.85. The minimum atomic E-state index is -8.46. The number of aliphatic carboxylic acids is 1. The average molecular weight is 609 g/mol. The van der Waals surface area contributed by atoms with Crippen molar-refractivity contribution in [3.05, 3.63) is 0 Å². The summed E-state index contributed by atoms with van der Waals surface area (Å²) in [5, 5.41) is 10.3. The lowest BCUT2D eigenvalue weighted by Crippen LogP contribution is -2.87. The number of carbonyl (C=O) groups excluding carboxylic acids is 2. The van der Waals surface area contributed by atoms with Crippen LogP contribution in [0.4, 0.5) is 79.0 Å². The Morgan fingerprint density at radius 2 is 1.11 bits per heavy atom. The summed E-state index contributed by atoms with van der Waals surface area (Å²) in [7, 11) is -0.249. The molecule has 0 aromatic carbocycles. The van der Waals surface area contributed by atoms with Gasteiger partial charge in [-0.2, -0.15) is 74.6 Å².